The number of alkyl halides is 3. The van der Waals surface area contributed by atoms with Crippen molar-refractivity contribution in [3.8, 4) is 11.1 Å². The molecule has 1 fully saturated rings. The SMILES string of the molecule is CC(C)(C)OC(=O)Nc1ccc(-c2cc(Cl)cc(C(F)(F)F)c2)cc1C(=O)N1CCN(C(=O)O)C[C@H]1C(=O)O. The summed E-state index contributed by atoms with van der Waals surface area (Å²) >= 11 is 5.92. The molecule has 1 aliphatic rings. The number of benzene rings is 2. The number of carbonyl (C=O) groups excluding carboxylic acids is 2. The van der Waals surface area contributed by atoms with E-state index in [1.165, 1.54) is 24.3 Å². The molecule has 0 spiro atoms. The maximum Gasteiger partial charge on any atom is 0.416 e. The molecule has 0 bridgehead atoms. The number of anilines is 1. The lowest BCUT2D eigenvalue weighted by Crippen LogP contribution is -2.59. The van der Waals surface area contributed by atoms with Crippen LogP contribution in [0.1, 0.15) is 36.7 Å². The van der Waals surface area contributed by atoms with Crippen LogP contribution in [-0.2, 0) is 15.7 Å². The minimum absolute atomic E-state index is 0.0122. The van der Waals surface area contributed by atoms with Gasteiger partial charge in [-0.25, -0.2) is 14.4 Å². The van der Waals surface area contributed by atoms with E-state index in [1.54, 1.807) is 20.8 Å². The van der Waals surface area contributed by atoms with Gasteiger partial charge in [-0.1, -0.05) is 17.7 Å². The Bertz CT molecular complexity index is 1310. The van der Waals surface area contributed by atoms with E-state index < -0.39 is 54.0 Å². The first-order valence-electron chi connectivity index (χ1n) is 11.5. The van der Waals surface area contributed by atoms with Crippen molar-refractivity contribution in [1.29, 1.82) is 0 Å². The number of aliphatic carboxylic acids is 1. The Morgan fingerprint density at radius 2 is 1.67 bits per heavy atom. The van der Waals surface area contributed by atoms with E-state index in [9.17, 15) is 42.6 Å². The molecule has 3 rings (SSSR count). The molecule has 14 heteroatoms. The molecule has 3 N–H and O–H groups in total. The van der Waals surface area contributed by atoms with E-state index in [4.69, 9.17) is 16.3 Å². The molecule has 1 heterocycles. The van der Waals surface area contributed by atoms with Crippen LogP contribution in [0.3, 0.4) is 0 Å². The van der Waals surface area contributed by atoms with Crippen LogP contribution < -0.4 is 5.32 Å². The first kappa shape index (κ1) is 29.6. The predicted molar refractivity (Wildman–Crippen MR) is 134 cm³/mol. The lowest BCUT2D eigenvalue weighted by atomic mass is 9.98. The van der Waals surface area contributed by atoms with Gasteiger partial charge in [-0.15, -0.1) is 0 Å². The van der Waals surface area contributed by atoms with E-state index >= 15 is 0 Å². The number of nitrogens with one attached hydrogen (secondary N) is 1. The van der Waals surface area contributed by atoms with Crippen molar-refractivity contribution in [2.75, 3.05) is 25.0 Å². The first-order chi connectivity index (χ1) is 18.0. The Labute approximate surface area is 225 Å². The number of rotatable bonds is 4. The molecule has 3 amide bonds. The second-order valence-electron chi connectivity index (χ2n) is 9.69. The minimum Gasteiger partial charge on any atom is -0.480 e. The number of piperazine rings is 1. The lowest BCUT2D eigenvalue weighted by Gasteiger charge is -2.38. The predicted octanol–water partition coefficient (Wildman–Crippen LogP) is 5.26. The fraction of sp³-hybridized carbons (Fsp3) is 0.360. The Morgan fingerprint density at radius 1 is 1.00 bits per heavy atom. The summed E-state index contributed by atoms with van der Waals surface area (Å²) in [6.45, 7) is 3.86. The molecule has 10 nitrogen and oxygen atoms in total. The van der Waals surface area contributed by atoms with Crippen molar-refractivity contribution in [1.82, 2.24) is 9.80 Å². The third kappa shape index (κ3) is 7.31. The number of hydrogen-bond acceptors (Lipinski definition) is 5. The molecule has 2 aromatic carbocycles. The number of amides is 3. The van der Waals surface area contributed by atoms with Gasteiger partial charge in [0.1, 0.15) is 11.6 Å². The van der Waals surface area contributed by atoms with Gasteiger partial charge in [0.05, 0.1) is 23.4 Å². The zero-order valence-electron chi connectivity index (χ0n) is 21.0. The molecule has 2 aromatic rings. The smallest absolute Gasteiger partial charge is 0.416 e. The summed E-state index contributed by atoms with van der Waals surface area (Å²) < 4.78 is 45.4. The highest BCUT2D eigenvalue weighted by molar-refractivity contribution is 6.31. The lowest BCUT2D eigenvalue weighted by molar-refractivity contribution is -0.144. The standard InChI is InChI=1S/C25H25ClF3N3O7/c1-24(2,3)39-22(36)30-18-5-4-13(14-8-15(25(27,28)29)11-16(26)9-14)10-17(18)20(33)32-7-6-31(23(37)38)12-19(32)21(34)35/h4-5,8-11,19H,6-7,12H2,1-3H3,(H,30,36)(H,34,35)(H,37,38)/t19-/m0/s1. The van der Waals surface area contributed by atoms with Gasteiger partial charge in [0.2, 0.25) is 0 Å². The minimum atomic E-state index is -4.70. The van der Waals surface area contributed by atoms with Gasteiger partial charge in [-0.05, 0) is 62.2 Å². The fourth-order valence-corrected chi connectivity index (χ4v) is 4.14. The van der Waals surface area contributed by atoms with E-state index in [2.05, 4.69) is 5.32 Å². The van der Waals surface area contributed by atoms with Crippen LogP contribution in [0.15, 0.2) is 36.4 Å². The Balaban J connectivity index is 2.10. The quantitative estimate of drug-likeness (QED) is 0.455. The molecule has 1 atom stereocenters. The maximum atomic E-state index is 13.7. The molecule has 1 aliphatic heterocycles. The van der Waals surface area contributed by atoms with Crippen molar-refractivity contribution >= 4 is 41.4 Å². The number of carboxylic acids is 1. The number of carboxylic acid groups (broad SMARTS) is 2. The second kappa shape index (κ2) is 11.0. The van der Waals surface area contributed by atoms with Gasteiger partial charge in [-0.2, -0.15) is 13.2 Å². The topological polar surface area (TPSA) is 136 Å². The third-order valence-corrected chi connectivity index (χ3v) is 5.86. The number of hydrogen-bond donors (Lipinski definition) is 3. The zero-order chi connectivity index (χ0) is 29.3. The zero-order valence-corrected chi connectivity index (χ0v) is 21.8. The summed E-state index contributed by atoms with van der Waals surface area (Å²) in [5.74, 6) is -2.35. The summed E-state index contributed by atoms with van der Waals surface area (Å²) in [5, 5.41) is 21.2. The Hall–Kier alpha value is -4.00. The van der Waals surface area contributed by atoms with Crippen LogP contribution in [0.5, 0.6) is 0 Å². The molecule has 0 aliphatic carbocycles. The molecule has 210 valence electrons. The highest BCUT2D eigenvalue weighted by Crippen LogP contribution is 2.36. The Morgan fingerprint density at radius 3 is 2.23 bits per heavy atom. The first-order valence-corrected chi connectivity index (χ1v) is 11.9. The van der Waals surface area contributed by atoms with Gasteiger partial charge < -0.3 is 24.7 Å². The molecule has 0 unspecified atom stereocenters. The molecule has 0 aromatic heterocycles. The van der Waals surface area contributed by atoms with Crippen molar-refractivity contribution in [2.24, 2.45) is 0 Å². The highest BCUT2D eigenvalue weighted by atomic mass is 35.5. The van der Waals surface area contributed by atoms with Crippen LogP contribution in [0.25, 0.3) is 11.1 Å². The molecule has 1 saturated heterocycles. The molecular formula is C25H25ClF3N3O7. The van der Waals surface area contributed by atoms with Crippen LogP contribution in [0.2, 0.25) is 5.02 Å². The van der Waals surface area contributed by atoms with E-state index in [-0.39, 0.29) is 40.5 Å². The fourth-order valence-electron chi connectivity index (χ4n) is 3.91. The van der Waals surface area contributed by atoms with Crippen LogP contribution >= 0.6 is 11.6 Å². The number of ether oxygens (including phenoxy) is 1. The van der Waals surface area contributed by atoms with Crippen molar-refractivity contribution in [2.45, 2.75) is 38.6 Å². The van der Waals surface area contributed by atoms with Crippen LogP contribution in [-0.4, -0.2) is 75.4 Å². The average molecular weight is 572 g/mol. The monoisotopic (exact) mass is 571 g/mol. The van der Waals surface area contributed by atoms with Crippen molar-refractivity contribution in [3.05, 3.63) is 52.5 Å². The number of carbonyl (C=O) groups is 4. The molecule has 39 heavy (non-hydrogen) atoms. The third-order valence-electron chi connectivity index (χ3n) is 5.64. The van der Waals surface area contributed by atoms with E-state index in [0.29, 0.717) is 0 Å². The van der Waals surface area contributed by atoms with Gasteiger partial charge in [0.15, 0.2) is 0 Å². The number of halogens is 4. The summed E-state index contributed by atoms with van der Waals surface area (Å²) in [4.78, 5) is 51.2. The van der Waals surface area contributed by atoms with Gasteiger partial charge in [0, 0.05) is 18.1 Å². The maximum absolute atomic E-state index is 13.7. The van der Waals surface area contributed by atoms with Crippen molar-refractivity contribution in [3.63, 3.8) is 0 Å². The van der Waals surface area contributed by atoms with Crippen LogP contribution in [0, 0.1) is 0 Å². The Kier molecular flexibility index (Phi) is 8.34. The van der Waals surface area contributed by atoms with Gasteiger partial charge >= 0.3 is 24.3 Å². The van der Waals surface area contributed by atoms with E-state index in [1.807, 2.05) is 0 Å². The second-order valence-corrected chi connectivity index (χ2v) is 10.1. The normalized spacial score (nSPS) is 16.0. The molecular weight excluding hydrogens is 547 g/mol. The van der Waals surface area contributed by atoms with Crippen molar-refractivity contribution < 1.29 is 47.3 Å². The largest absolute Gasteiger partial charge is 0.480 e. The number of nitrogens with zero attached hydrogens (tertiary/aromatic N) is 2. The summed E-state index contributed by atoms with van der Waals surface area (Å²) in [6, 6.07) is 5.10. The van der Waals surface area contributed by atoms with Gasteiger partial charge in [-0.3, -0.25) is 10.1 Å². The molecule has 0 saturated carbocycles. The van der Waals surface area contributed by atoms with E-state index in [0.717, 1.165) is 21.9 Å². The highest BCUT2D eigenvalue weighted by Gasteiger charge is 2.38. The average Bonchev–Trinajstić information content (AvgIpc) is 2.81. The van der Waals surface area contributed by atoms with Crippen LogP contribution in [0.4, 0.5) is 28.4 Å². The summed E-state index contributed by atoms with van der Waals surface area (Å²) in [6.07, 6.45) is -6.99. The summed E-state index contributed by atoms with van der Waals surface area (Å²) in [7, 11) is 0. The summed E-state index contributed by atoms with van der Waals surface area (Å²) in [5.41, 5.74) is -2.13. The molecule has 0 radical (unpaired) electrons. The van der Waals surface area contributed by atoms with Gasteiger partial charge in [0.25, 0.3) is 5.91 Å².